The van der Waals surface area contributed by atoms with Gasteiger partial charge in [-0.2, -0.15) is 0 Å². The van der Waals surface area contributed by atoms with Crippen LogP contribution < -0.4 is 0 Å². The Kier molecular flexibility index (Phi) is 4.15. The summed E-state index contributed by atoms with van der Waals surface area (Å²) in [6.07, 6.45) is 1.15. The lowest BCUT2D eigenvalue weighted by Gasteiger charge is -2.24. The summed E-state index contributed by atoms with van der Waals surface area (Å²) in [6.45, 7) is 4.03. The number of likely N-dealkylation sites (N-methyl/N-ethyl adjacent to an activating group) is 1. The van der Waals surface area contributed by atoms with Gasteiger partial charge in [0, 0.05) is 24.7 Å². The number of nitrogens with zero attached hydrogens (tertiary/aromatic N) is 2. The third-order valence-electron chi connectivity index (χ3n) is 3.91. The minimum atomic E-state index is -0.0163. The van der Waals surface area contributed by atoms with E-state index in [0.29, 0.717) is 6.04 Å². The van der Waals surface area contributed by atoms with Crippen LogP contribution in [0.15, 0.2) is 30.3 Å². The van der Waals surface area contributed by atoms with E-state index in [1.54, 1.807) is 0 Å². The summed E-state index contributed by atoms with van der Waals surface area (Å²) in [4.78, 5) is 16.9. The number of Topliss-reactive ketones (excluding diaryl/α,β-unsaturated/α-hetero) is 1. The summed E-state index contributed by atoms with van der Waals surface area (Å²) in [6, 6.07) is 10.2. The summed E-state index contributed by atoms with van der Waals surface area (Å²) in [7, 11) is 4.22. The van der Waals surface area contributed by atoms with Crippen LogP contribution in [0, 0.1) is 0 Å². The van der Waals surface area contributed by atoms with Crippen molar-refractivity contribution in [2.75, 3.05) is 27.2 Å². The van der Waals surface area contributed by atoms with Crippen LogP contribution in [0.4, 0.5) is 0 Å². The molecule has 0 amide bonds. The van der Waals surface area contributed by atoms with Crippen LogP contribution >= 0.6 is 0 Å². The molecule has 1 aromatic carbocycles. The lowest BCUT2D eigenvalue weighted by molar-refractivity contribution is 0.0859. The summed E-state index contributed by atoms with van der Waals surface area (Å²) >= 11 is 0. The SMILES string of the molecule is CC(C(=O)c1ccccc1)N1CCC(N(C)C)C1. The zero-order chi connectivity index (χ0) is 13.1. The van der Waals surface area contributed by atoms with Gasteiger partial charge in [0.05, 0.1) is 6.04 Å². The lowest BCUT2D eigenvalue weighted by atomic mass is 10.0. The normalized spacial score (nSPS) is 22.3. The summed E-state index contributed by atoms with van der Waals surface area (Å²) in [5, 5.41) is 0. The Morgan fingerprint density at radius 1 is 1.33 bits per heavy atom. The third-order valence-corrected chi connectivity index (χ3v) is 3.91. The molecule has 0 bridgehead atoms. The maximum atomic E-state index is 12.4. The van der Waals surface area contributed by atoms with Crippen molar-refractivity contribution in [3.63, 3.8) is 0 Å². The molecule has 0 radical (unpaired) electrons. The van der Waals surface area contributed by atoms with Crippen LogP contribution in [0.5, 0.6) is 0 Å². The predicted octanol–water partition coefficient (Wildman–Crippen LogP) is 1.89. The van der Waals surface area contributed by atoms with E-state index in [9.17, 15) is 4.79 Å². The van der Waals surface area contributed by atoms with Crippen molar-refractivity contribution in [1.82, 2.24) is 9.80 Å². The zero-order valence-electron chi connectivity index (χ0n) is 11.5. The number of hydrogen-bond donors (Lipinski definition) is 0. The molecule has 18 heavy (non-hydrogen) atoms. The van der Waals surface area contributed by atoms with Crippen LogP contribution in [-0.4, -0.2) is 54.9 Å². The fourth-order valence-corrected chi connectivity index (χ4v) is 2.55. The average molecular weight is 246 g/mol. The molecule has 0 N–H and O–H groups in total. The van der Waals surface area contributed by atoms with Gasteiger partial charge in [0.15, 0.2) is 5.78 Å². The summed E-state index contributed by atoms with van der Waals surface area (Å²) in [5.74, 6) is 0.231. The molecule has 98 valence electrons. The zero-order valence-corrected chi connectivity index (χ0v) is 11.5. The highest BCUT2D eigenvalue weighted by Gasteiger charge is 2.30. The molecule has 0 saturated carbocycles. The van der Waals surface area contributed by atoms with Gasteiger partial charge in [0.25, 0.3) is 0 Å². The Morgan fingerprint density at radius 2 is 2.00 bits per heavy atom. The number of carbonyl (C=O) groups is 1. The first-order valence-corrected chi connectivity index (χ1v) is 6.59. The first-order valence-electron chi connectivity index (χ1n) is 6.59. The van der Waals surface area contributed by atoms with Gasteiger partial charge in [0.1, 0.15) is 0 Å². The van der Waals surface area contributed by atoms with Crippen molar-refractivity contribution >= 4 is 5.78 Å². The minimum Gasteiger partial charge on any atom is -0.305 e. The second kappa shape index (κ2) is 5.63. The van der Waals surface area contributed by atoms with Crippen molar-refractivity contribution in [3.8, 4) is 0 Å². The van der Waals surface area contributed by atoms with Crippen molar-refractivity contribution in [3.05, 3.63) is 35.9 Å². The van der Waals surface area contributed by atoms with E-state index < -0.39 is 0 Å². The molecular weight excluding hydrogens is 224 g/mol. The predicted molar refractivity (Wildman–Crippen MR) is 73.9 cm³/mol. The van der Waals surface area contributed by atoms with Gasteiger partial charge in [-0.25, -0.2) is 0 Å². The van der Waals surface area contributed by atoms with Crippen LogP contribution in [0.1, 0.15) is 23.7 Å². The Morgan fingerprint density at radius 3 is 2.56 bits per heavy atom. The van der Waals surface area contributed by atoms with Crippen molar-refractivity contribution in [2.45, 2.75) is 25.4 Å². The first-order chi connectivity index (χ1) is 8.59. The van der Waals surface area contributed by atoms with Crippen LogP contribution in [-0.2, 0) is 0 Å². The molecule has 0 aliphatic carbocycles. The molecule has 1 aliphatic rings. The van der Waals surface area contributed by atoms with Crippen LogP contribution in [0.3, 0.4) is 0 Å². The molecule has 3 nitrogen and oxygen atoms in total. The lowest BCUT2D eigenvalue weighted by Crippen LogP contribution is -2.39. The Bertz CT molecular complexity index is 402. The molecule has 1 fully saturated rings. The fourth-order valence-electron chi connectivity index (χ4n) is 2.55. The quantitative estimate of drug-likeness (QED) is 0.758. The molecule has 0 aromatic heterocycles. The van der Waals surface area contributed by atoms with Crippen molar-refractivity contribution in [1.29, 1.82) is 0 Å². The summed E-state index contributed by atoms with van der Waals surface area (Å²) < 4.78 is 0. The van der Waals surface area contributed by atoms with Gasteiger partial charge in [0.2, 0.25) is 0 Å². The molecule has 2 rings (SSSR count). The van der Waals surface area contributed by atoms with Crippen molar-refractivity contribution in [2.24, 2.45) is 0 Å². The number of ketones is 1. The molecule has 1 aliphatic heterocycles. The van der Waals surface area contributed by atoms with E-state index in [4.69, 9.17) is 0 Å². The second-order valence-electron chi connectivity index (χ2n) is 5.31. The first kappa shape index (κ1) is 13.2. The topological polar surface area (TPSA) is 23.6 Å². The molecule has 1 heterocycles. The number of likely N-dealkylation sites (tertiary alicyclic amines) is 1. The molecule has 2 atom stereocenters. The number of benzene rings is 1. The van der Waals surface area contributed by atoms with E-state index >= 15 is 0 Å². The number of rotatable bonds is 4. The van der Waals surface area contributed by atoms with Crippen LogP contribution in [0.25, 0.3) is 0 Å². The van der Waals surface area contributed by atoms with E-state index in [1.165, 1.54) is 0 Å². The van der Waals surface area contributed by atoms with E-state index in [0.717, 1.165) is 25.1 Å². The molecular formula is C15H22N2O. The van der Waals surface area contributed by atoms with Gasteiger partial charge in [-0.15, -0.1) is 0 Å². The number of hydrogen-bond acceptors (Lipinski definition) is 3. The highest BCUT2D eigenvalue weighted by atomic mass is 16.1. The molecule has 3 heteroatoms. The average Bonchev–Trinajstić information content (AvgIpc) is 2.88. The second-order valence-corrected chi connectivity index (χ2v) is 5.31. The highest BCUT2D eigenvalue weighted by molar-refractivity contribution is 5.99. The van der Waals surface area contributed by atoms with Gasteiger partial charge in [-0.1, -0.05) is 30.3 Å². The third kappa shape index (κ3) is 2.79. The minimum absolute atomic E-state index is 0.0163. The summed E-state index contributed by atoms with van der Waals surface area (Å²) in [5.41, 5.74) is 0.818. The van der Waals surface area contributed by atoms with E-state index in [-0.39, 0.29) is 11.8 Å². The van der Waals surface area contributed by atoms with Crippen LogP contribution in [0.2, 0.25) is 0 Å². The van der Waals surface area contributed by atoms with Gasteiger partial charge in [-0.05, 0) is 27.4 Å². The highest BCUT2D eigenvalue weighted by Crippen LogP contribution is 2.18. The Balaban J connectivity index is 2.00. The largest absolute Gasteiger partial charge is 0.305 e. The monoisotopic (exact) mass is 246 g/mol. The van der Waals surface area contributed by atoms with Crippen molar-refractivity contribution < 1.29 is 4.79 Å². The molecule has 2 unspecified atom stereocenters. The maximum absolute atomic E-state index is 12.4. The van der Waals surface area contributed by atoms with Gasteiger partial charge >= 0.3 is 0 Å². The standard InChI is InChI=1S/C15H22N2O/c1-12(15(18)13-7-5-4-6-8-13)17-10-9-14(11-17)16(2)3/h4-8,12,14H,9-11H2,1-3H3. The Labute approximate surface area is 109 Å². The molecule has 1 aromatic rings. The molecule has 1 saturated heterocycles. The van der Waals surface area contributed by atoms with Gasteiger partial charge in [-0.3, -0.25) is 9.69 Å². The fraction of sp³-hybridized carbons (Fsp3) is 0.533. The number of carbonyl (C=O) groups excluding carboxylic acids is 1. The molecule has 0 spiro atoms. The Hall–Kier alpha value is -1.19. The van der Waals surface area contributed by atoms with E-state index in [2.05, 4.69) is 23.9 Å². The smallest absolute Gasteiger partial charge is 0.179 e. The van der Waals surface area contributed by atoms with E-state index in [1.807, 2.05) is 37.3 Å². The van der Waals surface area contributed by atoms with Gasteiger partial charge < -0.3 is 4.90 Å². The maximum Gasteiger partial charge on any atom is 0.179 e.